The maximum absolute atomic E-state index is 2.30. The zero-order chi connectivity index (χ0) is 15.6. The van der Waals surface area contributed by atoms with Gasteiger partial charge in [0.05, 0.1) is 5.69 Å². The van der Waals surface area contributed by atoms with Crippen LogP contribution in [0.2, 0.25) is 0 Å². The van der Waals surface area contributed by atoms with Gasteiger partial charge in [-0.25, -0.2) is 0 Å². The third-order valence-electron chi connectivity index (χ3n) is 4.07. The first kappa shape index (κ1) is 14.2. The molecule has 3 aromatic carbocycles. The number of hydrogen-bond acceptors (Lipinski definition) is 1. The number of hydrogen-bond donors (Lipinski definition) is 0. The summed E-state index contributed by atoms with van der Waals surface area (Å²) in [6.07, 6.45) is 0. The van der Waals surface area contributed by atoms with E-state index in [2.05, 4.69) is 96.5 Å². The maximum atomic E-state index is 2.30. The molecule has 0 unspecified atom stereocenters. The van der Waals surface area contributed by atoms with Gasteiger partial charge in [0.15, 0.2) is 0 Å². The molecule has 112 valence electrons. The van der Waals surface area contributed by atoms with Crippen molar-refractivity contribution in [2.75, 3.05) is 0 Å². The Hall–Kier alpha value is -2.45. The van der Waals surface area contributed by atoms with Crippen LogP contribution in [0, 0.1) is 0 Å². The molecule has 0 atom stereocenters. The minimum atomic E-state index is 1.25. The lowest BCUT2D eigenvalue weighted by atomic mass is 10.1. The molecular weight excluding hydrogens is 298 g/mol. The van der Waals surface area contributed by atoms with Gasteiger partial charge in [0.25, 0.3) is 0 Å². The first-order chi connectivity index (χ1) is 11.3. The van der Waals surface area contributed by atoms with Gasteiger partial charge in [-0.1, -0.05) is 78.5 Å². The van der Waals surface area contributed by atoms with Gasteiger partial charge in [0, 0.05) is 27.7 Å². The molecule has 4 rings (SSSR count). The monoisotopic (exact) mass is 315 g/mol. The van der Waals surface area contributed by atoms with E-state index in [-0.39, 0.29) is 0 Å². The van der Waals surface area contributed by atoms with Crippen molar-refractivity contribution in [2.24, 2.45) is 7.05 Å². The Labute approximate surface area is 140 Å². The predicted molar refractivity (Wildman–Crippen MR) is 98.9 cm³/mol. The highest BCUT2D eigenvalue weighted by atomic mass is 32.2. The van der Waals surface area contributed by atoms with E-state index >= 15 is 0 Å². The molecule has 4 aromatic rings. The molecule has 1 heterocycles. The van der Waals surface area contributed by atoms with Crippen LogP contribution in [0.4, 0.5) is 0 Å². The van der Waals surface area contributed by atoms with Crippen LogP contribution in [-0.2, 0) is 7.05 Å². The van der Waals surface area contributed by atoms with Gasteiger partial charge in [-0.2, -0.15) is 0 Å². The molecule has 0 aliphatic carbocycles. The fourth-order valence-electron chi connectivity index (χ4n) is 2.99. The smallest absolute Gasteiger partial charge is 0.0630 e. The van der Waals surface area contributed by atoms with Crippen LogP contribution < -0.4 is 0 Å². The highest BCUT2D eigenvalue weighted by Crippen LogP contribution is 2.42. The summed E-state index contributed by atoms with van der Waals surface area (Å²) < 4.78 is 2.30. The quantitative estimate of drug-likeness (QED) is 0.449. The van der Waals surface area contributed by atoms with Gasteiger partial charge in [0.2, 0.25) is 0 Å². The van der Waals surface area contributed by atoms with Crippen LogP contribution in [0.3, 0.4) is 0 Å². The average molecular weight is 315 g/mol. The largest absolute Gasteiger partial charge is 0.343 e. The van der Waals surface area contributed by atoms with Gasteiger partial charge in [-0.05, 0) is 23.8 Å². The first-order valence-corrected chi connectivity index (χ1v) is 8.52. The topological polar surface area (TPSA) is 4.93 Å². The predicted octanol–water partition coefficient (Wildman–Crippen LogP) is 6.00. The molecule has 0 fully saturated rings. The van der Waals surface area contributed by atoms with Crippen molar-refractivity contribution in [2.45, 2.75) is 9.79 Å². The van der Waals surface area contributed by atoms with Gasteiger partial charge in [-0.15, -0.1) is 0 Å². The highest BCUT2D eigenvalue weighted by Gasteiger charge is 2.17. The van der Waals surface area contributed by atoms with Crippen LogP contribution in [0.25, 0.3) is 22.2 Å². The number of benzene rings is 3. The number of nitrogens with zero attached hydrogens (tertiary/aromatic N) is 1. The van der Waals surface area contributed by atoms with Crippen LogP contribution in [0.1, 0.15) is 0 Å². The molecule has 1 nitrogen and oxygen atoms in total. The highest BCUT2D eigenvalue weighted by molar-refractivity contribution is 7.99. The van der Waals surface area contributed by atoms with Crippen LogP contribution in [0.15, 0.2) is 94.7 Å². The number of rotatable bonds is 3. The summed E-state index contributed by atoms with van der Waals surface area (Å²) >= 11 is 1.84. The van der Waals surface area contributed by atoms with Crippen molar-refractivity contribution in [1.82, 2.24) is 4.57 Å². The molecule has 0 N–H and O–H groups in total. The molecule has 0 saturated heterocycles. The van der Waals surface area contributed by atoms with Gasteiger partial charge >= 0.3 is 0 Å². The Morgan fingerprint density at radius 2 is 1.30 bits per heavy atom. The van der Waals surface area contributed by atoms with Crippen molar-refractivity contribution in [3.05, 3.63) is 84.9 Å². The van der Waals surface area contributed by atoms with E-state index in [0.717, 1.165) is 0 Å². The standard InChI is InChI=1S/C21H17NS/c1-22-19-15-9-8-14-18(19)21(23-17-12-6-3-7-13-17)20(22)16-10-4-2-5-11-16/h2-15H,1H3. The molecular formula is C21H17NS. The van der Waals surface area contributed by atoms with E-state index in [9.17, 15) is 0 Å². The molecule has 23 heavy (non-hydrogen) atoms. The SMILES string of the molecule is Cn1c(-c2ccccc2)c(Sc2ccccc2)c2ccccc21. The molecule has 0 aliphatic heterocycles. The summed E-state index contributed by atoms with van der Waals surface area (Å²) in [5.41, 5.74) is 3.80. The molecule has 0 spiro atoms. The van der Waals surface area contributed by atoms with E-state index in [1.165, 1.54) is 32.0 Å². The zero-order valence-corrected chi connectivity index (χ0v) is 13.8. The Bertz CT molecular complexity index is 940. The number of fused-ring (bicyclic) bond motifs is 1. The minimum absolute atomic E-state index is 1.25. The average Bonchev–Trinajstić information content (AvgIpc) is 2.89. The Kier molecular flexibility index (Phi) is 3.68. The van der Waals surface area contributed by atoms with E-state index < -0.39 is 0 Å². The molecule has 0 aliphatic rings. The second-order valence-corrected chi connectivity index (χ2v) is 6.62. The summed E-state index contributed by atoms with van der Waals surface area (Å²) in [6, 6.07) is 29.8. The summed E-state index contributed by atoms with van der Waals surface area (Å²) in [5.74, 6) is 0. The Balaban J connectivity index is 1.97. The second kappa shape index (κ2) is 5.98. The van der Waals surface area contributed by atoms with Crippen molar-refractivity contribution in [3.63, 3.8) is 0 Å². The van der Waals surface area contributed by atoms with Crippen molar-refractivity contribution in [3.8, 4) is 11.3 Å². The summed E-state index contributed by atoms with van der Waals surface area (Å²) in [5, 5.41) is 1.31. The minimum Gasteiger partial charge on any atom is -0.343 e. The number of aryl methyl sites for hydroxylation is 1. The Morgan fingerprint density at radius 1 is 0.696 bits per heavy atom. The Morgan fingerprint density at radius 3 is 2.04 bits per heavy atom. The zero-order valence-electron chi connectivity index (χ0n) is 12.9. The lowest BCUT2D eigenvalue weighted by molar-refractivity contribution is 0.968. The van der Waals surface area contributed by atoms with Crippen LogP contribution in [-0.4, -0.2) is 4.57 Å². The summed E-state index contributed by atoms with van der Waals surface area (Å²) in [7, 11) is 2.15. The van der Waals surface area contributed by atoms with Gasteiger partial charge in [0.1, 0.15) is 0 Å². The number of para-hydroxylation sites is 1. The van der Waals surface area contributed by atoms with Crippen LogP contribution in [0.5, 0.6) is 0 Å². The molecule has 0 radical (unpaired) electrons. The maximum Gasteiger partial charge on any atom is 0.0630 e. The summed E-state index contributed by atoms with van der Waals surface area (Å²) in [6.45, 7) is 0. The molecule has 0 bridgehead atoms. The first-order valence-electron chi connectivity index (χ1n) is 7.70. The summed E-state index contributed by atoms with van der Waals surface area (Å²) in [4.78, 5) is 2.58. The molecule has 0 saturated carbocycles. The fraction of sp³-hybridized carbons (Fsp3) is 0.0476. The van der Waals surface area contributed by atoms with Crippen molar-refractivity contribution >= 4 is 22.7 Å². The van der Waals surface area contributed by atoms with E-state index in [1.807, 2.05) is 11.8 Å². The third-order valence-corrected chi connectivity index (χ3v) is 5.20. The van der Waals surface area contributed by atoms with E-state index in [4.69, 9.17) is 0 Å². The van der Waals surface area contributed by atoms with E-state index in [1.54, 1.807) is 0 Å². The van der Waals surface area contributed by atoms with Gasteiger partial charge < -0.3 is 4.57 Å². The normalized spacial score (nSPS) is 11.0. The van der Waals surface area contributed by atoms with Gasteiger partial charge in [-0.3, -0.25) is 0 Å². The van der Waals surface area contributed by atoms with Crippen LogP contribution >= 0.6 is 11.8 Å². The lowest BCUT2D eigenvalue weighted by Crippen LogP contribution is -1.91. The molecule has 2 heteroatoms. The number of aromatic nitrogens is 1. The van der Waals surface area contributed by atoms with E-state index in [0.29, 0.717) is 0 Å². The third kappa shape index (κ3) is 2.55. The van der Waals surface area contributed by atoms with Crippen molar-refractivity contribution in [1.29, 1.82) is 0 Å². The lowest BCUT2D eigenvalue weighted by Gasteiger charge is -2.08. The second-order valence-electron chi connectivity index (χ2n) is 5.54. The fourth-order valence-corrected chi connectivity index (χ4v) is 4.15. The molecule has 1 aromatic heterocycles. The molecule has 0 amide bonds. The van der Waals surface area contributed by atoms with Crippen molar-refractivity contribution < 1.29 is 0 Å².